The van der Waals surface area contributed by atoms with Gasteiger partial charge in [-0.05, 0) is 37.8 Å². The number of hydrogen-bond donors (Lipinski definition) is 1. The Labute approximate surface area is 104 Å². The molecule has 0 aliphatic carbocycles. The van der Waals surface area contributed by atoms with Gasteiger partial charge in [0.25, 0.3) is 0 Å². The average molecular weight is 233 g/mol. The van der Waals surface area contributed by atoms with Crippen molar-refractivity contribution in [1.29, 1.82) is 0 Å². The van der Waals surface area contributed by atoms with Crippen LogP contribution in [0.25, 0.3) is 0 Å². The van der Waals surface area contributed by atoms with Crippen molar-refractivity contribution in [2.45, 2.75) is 45.6 Å². The number of para-hydroxylation sites is 1. The van der Waals surface area contributed by atoms with Gasteiger partial charge in [0, 0.05) is 11.6 Å². The van der Waals surface area contributed by atoms with E-state index in [-0.39, 0.29) is 0 Å². The van der Waals surface area contributed by atoms with Crippen molar-refractivity contribution < 1.29 is 4.74 Å². The number of benzene rings is 1. The minimum Gasteiger partial charge on any atom is -0.493 e. The first-order chi connectivity index (χ1) is 8.36. The summed E-state index contributed by atoms with van der Waals surface area (Å²) in [4.78, 5) is 0. The number of aryl methyl sites for hydroxylation is 1. The molecule has 1 aromatic rings. The molecule has 1 aromatic carbocycles. The summed E-state index contributed by atoms with van der Waals surface area (Å²) in [7, 11) is 0. The smallest absolute Gasteiger partial charge is 0.127 e. The molecule has 2 heteroatoms. The second kappa shape index (κ2) is 6.06. The highest BCUT2D eigenvalue weighted by atomic mass is 16.5. The molecule has 1 unspecified atom stereocenters. The van der Waals surface area contributed by atoms with Crippen LogP contribution in [0.15, 0.2) is 18.2 Å². The van der Waals surface area contributed by atoms with Crippen LogP contribution < -0.4 is 10.1 Å². The monoisotopic (exact) mass is 233 g/mol. The lowest BCUT2D eigenvalue weighted by Crippen LogP contribution is -2.23. The van der Waals surface area contributed by atoms with Gasteiger partial charge >= 0.3 is 0 Å². The molecule has 1 atom stereocenters. The van der Waals surface area contributed by atoms with Crippen molar-refractivity contribution in [2.24, 2.45) is 0 Å². The lowest BCUT2D eigenvalue weighted by Gasteiger charge is -2.25. The maximum absolute atomic E-state index is 5.88. The summed E-state index contributed by atoms with van der Waals surface area (Å²) in [6.07, 6.45) is 4.59. The lowest BCUT2D eigenvalue weighted by molar-refractivity contribution is 0.281. The molecule has 0 bridgehead atoms. The quantitative estimate of drug-likeness (QED) is 0.841. The molecule has 0 fully saturated rings. The van der Waals surface area contributed by atoms with Crippen LogP contribution in [-0.4, -0.2) is 13.2 Å². The van der Waals surface area contributed by atoms with E-state index in [2.05, 4.69) is 37.4 Å². The molecular formula is C15H23NO. The van der Waals surface area contributed by atoms with Crippen molar-refractivity contribution in [3.05, 3.63) is 29.3 Å². The maximum Gasteiger partial charge on any atom is 0.127 e. The molecule has 0 saturated carbocycles. The second-order valence-electron chi connectivity index (χ2n) is 4.70. The largest absolute Gasteiger partial charge is 0.493 e. The van der Waals surface area contributed by atoms with Gasteiger partial charge in [-0.2, -0.15) is 0 Å². The molecule has 1 N–H and O–H groups in total. The molecule has 1 heterocycles. The Hall–Kier alpha value is -1.02. The van der Waals surface area contributed by atoms with Crippen LogP contribution in [0.4, 0.5) is 0 Å². The van der Waals surface area contributed by atoms with E-state index in [1.165, 1.54) is 17.5 Å². The summed E-state index contributed by atoms with van der Waals surface area (Å²) in [5.41, 5.74) is 2.73. The molecule has 17 heavy (non-hydrogen) atoms. The zero-order chi connectivity index (χ0) is 12.1. The van der Waals surface area contributed by atoms with Crippen LogP contribution in [0.5, 0.6) is 5.75 Å². The van der Waals surface area contributed by atoms with Gasteiger partial charge in [-0.1, -0.05) is 32.0 Å². The highest BCUT2D eigenvalue weighted by molar-refractivity contribution is 5.44. The van der Waals surface area contributed by atoms with Crippen LogP contribution in [0, 0.1) is 0 Å². The summed E-state index contributed by atoms with van der Waals surface area (Å²) in [6.45, 7) is 6.38. The van der Waals surface area contributed by atoms with Crippen molar-refractivity contribution in [2.75, 3.05) is 13.2 Å². The minimum atomic E-state index is 0.433. The fourth-order valence-corrected chi connectivity index (χ4v) is 2.48. The number of nitrogens with one attached hydrogen (secondary N) is 1. The van der Waals surface area contributed by atoms with E-state index in [1.807, 2.05) is 0 Å². The standard InChI is InChI=1S/C15H23NO/c1-3-10-16-14(4-2)13-9-5-7-12-8-6-11-17-15(12)13/h5,7,9,14,16H,3-4,6,8,10-11H2,1-2H3. The van der Waals surface area contributed by atoms with E-state index in [0.717, 1.165) is 38.2 Å². The highest BCUT2D eigenvalue weighted by Gasteiger charge is 2.19. The zero-order valence-electron chi connectivity index (χ0n) is 11.0. The molecule has 94 valence electrons. The van der Waals surface area contributed by atoms with Gasteiger partial charge in [0.2, 0.25) is 0 Å². The van der Waals surface area contributed by atoms with E-state index < -0.39 is 0 Å². The number of hydrogen-bond acceptors (Lipinski definition) is 2. The molecule has 0 amide bonds. The van der Waals surface area contributed by atoms with Crippen LogP contribution in [0.2, 0.25) is 0 Å². The van der Waals surface area contributed by atoms with Gasteiger partial charge in [-0.25, -0.2) is 0 Å². The third-order valence-corrected chi connectivity index (χ3v) is 3.39. The molecule has 2 rings (SSSR count). The summed E-state index contributed by atoms with van der Waals surface area (Å²) in [6, 6.07) is 7.01. The summed E-state index contributed by atoms with van der Waals surface area (Å²) >= 11 is 0. The first kappa shape index (κ1) is 12.4. The molecule has 1 aliphatic rings. The van der Waals surface area contributed by atoms with Crippen LogP contribution in [0.1, 0.15) is 50.3 Å². The molecular weight excluding hydrogens is 210 g/mol. The van der Waals surface area contributed by atoms with E-state index >= 15 is 0 Å². The Kier molecular flexibility index (Phi) is 4.43. The maximum atomic E-state index is 5.88. The van der Waals surface area contributed by atoms with E-state index in [1.54, 1.807) is 0 Å². The lowest BCUT2D eigenvalue weighted by atomic mass is 9.96. The minimum absolute atomic E-state index is 0.433. The third-order valence-electron chi connectivity index (χ3n) is 3.39. The zero-order valence-corrected chi connectivity index (χ0v) is 11.0. The van der Waals surface area contributed by atoms with Gasteiger partial charge in [0.1, 0.15) is 5.75 Å². The predicted molar refractivity (Wildman–Crippen MR) is 71.6 cm³/mol. The SMILES string of the molecule is CCCNC(CC)c1cccc2c1OCCC2. The first-order valence-electron chi connectivity index (χ1n) is 6.84. The van der Waals surface area contributed by atoms with Gasteiger partial charge < -0.3 is 10.1 Å². The van der Waals surface area contributed by atoms with E-state index in [0.29, 0.717) is 6.04 Å². The Morgan fingerprint density at radius 3 is 3.00 bits per heavy atom. The van der Waals surface area contributed by atoms with Crippen LogP contribution >= 0.6 is 0 Å². The highest BCUT2D eigenvalue weighted by Crippen LogP contribution is 2.33. The molecule has 0 radical (unpaired) electrons. The number of fused-ring (bicyclic) bond motifs is 1. The summed E-state index contributed by atoms with van der Waals surface area (Å²) in [5, 5.41) is 3.61. The van der Waals surface area contributed by atoms with E-state index in [4.69, 9.17) is 4.74 Å². The van der Waals surface area contributed by atoms with Gasteiger partial charge in [0.05, 0.1) is 6.61 Å². The van der Waals surface area contributed by atoms with Crippen molar-refractivity contribution in [1.82, 2.24) is 5.32 Å². The van der Waals surface area contributed by atoms with Crippen LogP contribution in [0.3, 0.4) is 0 Å². The van der Waals surface area contributed by atoms with E-state index in [9.17, 15) is 0 Å². The van der Waals surface area contributed by atoms with Crippen molar-refractivity contribution in [3.63, 3.8) is 0 Å². The van der Waals surface area contributed by atoms with Gasteiger partial charge in [-0.3, -0.25) is 0 Å². The Balaban J connectivity index is 2.23. The average Bonchev–Trinajstić information content (AvgIpc) is 2.40. The Morgan fingerprint density at radius 1 is 1.35 bits per heavy atom. The fourth-order valence-electron chi connectivity index (χ4n) is 2.48. The Bertz CT molecular complexity index is 362. The summed E-state index contributed by atoms with van der Waals surface area (Å²) in [5.74, 6) is 1.15. The number of ether oxygens (including phenoxy) is 1. The molecule has 1 aliphatic heterocycles. The Morgan fingerprint density at radius 2 is 2.24 bits per heavy atom. The second-order valence-corrected chi connectivity index (χ2v) is 4.70. The normalized spacial score (nSPS) is 16.1. The molecule has 0 spiro atoms. The third kappa shape index (κ3) is 2.81. The van der Waals surface area contributed by atoms with Crippen molar-refractivity contribution in [3.8, 4) is 5.75 Å². The first-order valence-corrected chi connectivity index (χ1v) is 6.84. The van der Waals surface area contributed by atoms with Gasteiger partial charge in [0.15, 0.2) is 0 Å². The van der Waals surface area contributed by atoms with Crippen LogP contribution in [-0.2, 0) is 6.42 Å². The predicted octanol–water partition coefficient (Wildman–Crippen LogP) is 3.46. The molecule has 2 nitrogen and oxygen atoms in total. The summed E-state index contributed by atoms with van der Waals surface area (Å²) < 4.78 is 5.88. The fraction of sp³-hybridized carbons (Fsp3) is 0.600. The number of rotatable bonds is 5. The molecule has 0 aromatic heterocycles. The topological polar surface area (TPSA) is 21.3 Å². The van der Waals surface area contributed by atoms with Gasteiger partial charge in [-0.15, -0.1) is 0 Å². The molecule has 0 saturated heterocycles. The van der Waals surface area contributed by atoms with Crippen molar-refractivity contribution >= 4 is 0 Å².